The molecule has 1 aromatic carbocycles. The van der Waals surface area contributed by atoms with E-state index < -0.39 is 0 Å². The summed E-state index contributed by atoms with van der Waals surface area (Å²) >= 11 is 1.85. The van der Waals surface area contributed by atoms with Gasteiger partial charge in [-0.05, 0) is 62.1 Å². The minimum absolute atomic E-state index is 0. The average molecular weight is 315 g/mol. The van der Waals surface area contributed by atoms with E-state index in [9.17, 15) is 4.79 Å². The SMILES string of the molecule is CSCCc1ccc(NC(=O)C2CCNCC2)cc1.Cl. The summed E-state index contributed by atoms with van der Waals surface area (Å²) in [5, 5.41) is 6.30. The van der Waals surface area contributed by atoms with E-state index in [0.29, 0.717) is 0 Å². The summed E-state index contributed by atoms with van der Waals surface area (Å²) in [7, 11) is 0. The number of halogens is 1. The van der Waals surface area contributed by atoms with E-state index in [1.54, 1.807) is 0 Å². The molecule has 1 aliphatic heterocycles. The van der Waals surface area contributed by atoms with Gasteiger partial charge in [-0.2, -0.15) is 11.8 Å². The van der Waals surface area contributed by atoms with E-state index in [-0.39, 0.29) is 24.2 Å². The van der Waals surface area contributed by atoms with Gasteiger partial charge in [0, 0.05) is 11.6 Å². The zero-order valence-corrected chi connectivity index (χ0v) is 13.5. The Morgan fingerprint density at radius 2 is 1.95 bits per heavy atom. The number of amides is 1. The van der Waals surface area contributed by atoms with Crippen LogP contribution in [-0.2, 0) is 11.2 Å². The third-order valence-electron chi connectivity index (χ3n) is 3.53. The number of anilines is 1. The Kier molecular flexibility index (Phi) is 8.04. The van der Waals surface area contributed by atoms with Gasteiger partial charge in [0.1, 0.15) is 0 Å². The number of hydrogen-bond acceptors (Lipinski definition) is 3. The second-order valence-electron chi connectivity index (χ2n) is 4.95. The molecule has 1 aliphatic rings. The van der Waals surface area contributed by atoms with Crippen molar-refractivity contribution in [2.75, 3.05) is 30.4 Å². The fourth-order valence-corrected chi connectivity index (χ4v) is 2.74. The third kappa shape index (κ3) is 5.35. The second-order valence-corrected chi connectivity index (χ2v) is 5.94. The molecule has 0 bridgehead atoms. The molecule has 0 saturated carbocycles. The number of nitrogens with one attached hydrogen (secondary N) is 2. The number of carbonyl (C=O) groups is 1. The molecule has 0 aliphatic carbocycles. The molecular weight excluding hydrogens is 292 g/mol. The van der Waals surface area contributed by atoms with Crippen molar-refractivity contribution in [2.45, 2.75) is 19.3 Å². The summed E-state index contributed by atoms with van der Waals surface area (Å²) < 4.78 is 0. The van der Waals surface area contributed by atoms with Crippen LogP contribution in [0.3, 0.4) is 0 Å². The first kappa shape index (κ1) is 17.3. The van der Waals surface area contributed by atoms with Crippen LogP contribution in [-0.4, -0.2) is 31.0 Å². The molecule has 3 nitrogen and oxygen atoms in total. The molecule has 1 heterocycles. The van der Waals surface area contributed by atoms with Gasteiger partial charge in [0.05, 0.1) is 0 Å². The lowest BCUT2D eigenvalue weighted by Gasteiger charge is -2.21. The molecule has 2 rings (SSSR count). The molecule has 112 valence electrons. The maximum absolute atomic E-state index is 12.1. The van der Waals surface area contributed by atoms with Gasteiger partial charge in [0.2, 0.25) is 5.91 Å². The van der Waals surface area contributed by atoms with E-state index in [0.717, 1.165) is 43.8 Å². The first-order chi connectivity index (χ1) is 9.29. The normalized spacial score (nSPS) is 15.4. The number of piperidine rings is 1. The molecule has 2 N–H and O–H groups in total. The minimum atomic E-state index is 0. The molecule has 0 unspecified atom stereocenters. The molecule has 1 aromatic rings. The van der Waals surface area contributed by atoms with Crippen LogP contribution in [0.1, 0.15) is 18.4 Å². The molecule has 0 atom stereocenters. The van der Waals surface area contributed by atoms with Crippen LogP contribution in [0, 0.1) is 5.92 Å². The van der Waals surface area contributed by atoms with E-state index in [1.165, 1.54) is 5.56 Å². The van der Waals surface area contributed by atoms with Crippen LogP contribution in [0.15, 0.2) is 24.3 Å². The van der Waals surface area contributed by atoms with Crippen LogP contribution >= 0.6 is 24.2 Å². The number of hydrogen-bond donors (Lipinski definition) is 2. The Morgan fingerprint density at radius 1 is 1.30 bits per heavy atom. The maximum Gasteiger partial charge on any atom is 0.227 e. The van der Waals surface area contributed by atoms with Crippen LogP contribution in [0.25, 0.3) is 0 Å². The lowest BCUT2D eigenvalue weighted by molar-refractivity contribution is -0.120. The van der Waals surface area contributed by atoms with Crippen molar-refractivity contribution < 1.29 is 4.79 Å². The van der Waals surface area contributed by atoms with Crippen LogP contribution in [0.4, 0.5) is 5.69 Å². The predicted molar refractivity (Wildman–Crippen MR) is 90.0 cm³/mol. The highest BCUT2D eigenvalue weighted by Crippen LogP contribution is 2.16. The van der Waals surface area contributed by atoms with Crippen LogP contribution in [0.5, 0.6) is 0 Å². The van der Waals surface area contributed by atoms with E-state index in [1.807, 2.05) is 23.9 Å². The van der Waals surface area contributed by atoms with Crippen molar-refractivity contribution >= 4 is 35.8 Å². The number of carbonyl (C=O) groups excluding carboxylic acids is 1. The lowest BCUT2D eigenvalue weighted by atomic mass is 9.97. The van der Waals surface area contributed by atoms with E-state index in [2.05, 4.69) is 29.0 Å². The average Bonchev–Trinajstić information content (AvgIpc) is 2.47. The van der Waals surface area contributed by atoms with Gasteiger partial charge in [-0.15, -0.1) is 12.4 Å². The van der Waals surface area contributed by atoms with Crippen LogP contribution < -0.4 is 10.6 Å². The van der Waals surface area contributed by atoms with Gasteiger partial charge in [-0.3, -0.25) is 4.79 Å². The third-order valence-corrected chi connectivity index (χ3v) is 4.14. The molecule has 0 radical (unpaired) electrons. The van der Waals surface area contributed by atoms with E-state index in [4.69, 9.17) is 0 Å². The van der Waals surface area contributed by atoms with Gasteiger partial charge in [0.15, 0.2) is 0 Å². The van der Waals surface area contributed by atoms with Gasteiger partial charge in [-0.1, -0.05) is 12.1 Å². The molecule has 0 spiro atoms. The summed E-state index contributed by atoms with van der Waals surface area (Å²) in [6.45, 7) is 1.90. The number of rotatable bonds is 5. The highest BCUT2D eigenvalue weighted by molar-refractivity contribution is 7.98. The van der Waals surface area contributed by atoms with Gasteiger partial charge in [-0.25, -0.2) is 0 Å². The predicted octanol–water partition coefficient (Wildman–Crippen LogP) is 2.95. The fourth-order valence-electron chi connectivity index (χ4n) is 2.30. The summed E-state index contributed by atoms with van der Waals surface area (Å²) in [5.41, 5.74) is 2.24. The number of thioether (sulfide) groups is 1. The van der Waals surface area contributed by atoms with Crippen molar-refractivity contribution in [1.82, 2.24) is 5.32 Å². The molecule has 1 fully saturated rings. The largest absolute Gasteiger partial charge is 0.326 e. The first-order valence-electron chi connectivity index (χ1n) is 6.89. The van der Waals surface area contributed by atoms with E-state index >= 15 is 0 Å². The summed E-state index contributed by atoms with van der Waals surface area (Å²) in [6, 6.07) is 8.23. The standard InChI is InChI=1S/C15H22N2OS.ClH/c1-19-11-8-12-2-4-14(5-3-12)17-15(18)13-6-9-16-10-7-13;/h2-5,13,16H,6-11H2,1H3,(H,17,18);1H. The van der Waals surface area contributed by atoms with Gasteiger partial charge in [0.25, 0.3) is 0 Å². The lowest BCUT2D eigenvalue weighted by Crippen LogP contribution is -2.34. The zero-order chi connectivity index (χ0) is 13.5. The summed E-state index contributed by atoms with van der Waals surface area (Å²) in [4.78, 5) is 12.1. The Morgan fingerprint density at radius 3 is 2.55 bits per heavy atom. The smallest absolute Gasteiger partial charge is 0.227 e. The van der Waals surface area contributed by atoms with Crippen molar-refractivity contribution in [1.29, 1.82) is 0 Å². The van der Waals surface area contributed by atoms with Crippen molar-refractivity contribution in [3.05, 3.63) is 29.8 Å². The maximum atomic E-state index is 12.1. The topological polar surface area (TPSA) is 41.1 Å². The molecule has 5 heteroatoms. The molecule has 1 amide bonds. The number of aryl methyl sites for hydroxylation is 1. The second kappa shape index (κ2) is 9.27. The Bertz CT molecular complexity index is 405. The Hall–Kier alpha value is -0.710. The summed E-state index contributed by atoms with van der Waals surface area (Å²) in [6.07, 6.45) is 5.09. The zero-order valence-electron chi connectivity index (χ0n) is 11.9. The van der Waals surface area contributed by atoms with Crippen LogP contribution in [0.2, 0.25) is 0 Å². The first-order valence-corrected chi connectivity index (χ1v) is 8.28. The Balaban J connectivity index is 0.00000200. The monoisotopic (exact) mass is 314 g/mol. The van der Waals surface area contributed by atoms with Crippen molar-refractivity contribution in [2.24, 2.45) is 5.92 Å². The summed E-state index contributed by atoms with van der Waals surface area (Å²) in [5.74, 6) is 1.47. The quantitative estimate of drug-likeness (QED) is 0.878. The number of benzene rings is 1. The molecule has 1 saturated heterocycles. The fraction of sp³-hybridized carbons (Fsp3) is 0.533. The van der Waals surface area contributed by atoms with Gasteiger partial charge >= 0.3 is 0 Å². The van der Waals surface area contributed by atoms with Crippen molar-refractivity contribution in [3.63, 3.8) is 0 Å². The molecule has 20 heavy (non-hydrogen) atoms. The van der Waals surface area contributed by atoms with Gasteiger partial charge < -0.3 is 10.6 Å². The minimum Gasteiger partial charge on any atom is -0.326 e. The van der Waals surface area contributed by atoms with Crippen molar-refractivity contribution in [3.8, 4) is 0 Å². The molecule has 0 aromatic heterocycles. The molecular formula is C15H23ClN2OS. The Labute approximate surface area is 131 Å². The highest BCUT2D eigenvalue weighted by Gasteiger charge is 2.20. The highest BCUT2D eigenvalue weighted by atomic mass is 35.5.